The number of anilines is 1. The Balaban J connectivity index is 0.00000256. The SMILES string of the molecule is CN1CCc2c(sc(NC(=O)c3cccc(Oc4ccccc4)c3)c2C(N)=O)C1.Cl. The van der Waals surface area contributed by atoms with Gasteiger partial charge in [-0.2, -0.15) is 0 Å². The molecule has 2 aromatic carbocycles. The Morgan fingerprint density at radius 1 is 1.10 bits per heavy atom. The van der Waals surface area contributed by atoms with Crippen LogP contribution in [0.3, 0.4) is 0 Å². The molecule has 3 aromatic rings. The lowest BCUT2D eigenvalue weighted by atomic mass is 10.0. The Kier molecular flexibility index (Phi) is 6.77. The number of thiophene rings is 1. The molecule has 8 heteroatoms. The number of nitrogens with two attached hydrogens (primary N) is 1. The Morgan fingerprint density at radius 3 is 2.57 bits per heavy atom. The molecule has 0 radical (unpaired) electrons. The van der Waals surface area contributed by atoms with E-state index in [1.165, 1.54) is 11.3 Å². The van der Waals surface area contributed by atoms with Gasteiger partial charge in [-0.1, -0.05) is 24.3 Å². The van der Waals surface area contributed by atoms with E-state index in [0.29, 0.717) is 27.6 Å². The summed E-state index contributed by atoms with van der Waals surface area (Å²) >= 11 is 1.42. The minimum absolute atomic E-state index is 0. The van der Waals surface area contributed by atoms with Gasteiger partial charge in [0.1, 0.15) is 16.5 Å². The molecule has 1 aromatic heterocycles. The molecule has 6 nitrogen and oxygen atoms in total. The van der Waals surface area contributed by atoms with Crippen molar-refractivity contribution in [3.63, 3.8) is 0 Å². The molecule has 0 bridgehead atoms. The standard InChI is InChI=1S/C22H21N3O3S.ClH/c1-25-11-10-17-18(13-25)29-22(19(17)20(23)26)24-21(27)14-6-5-9-16(12-14)28-15-7-3-2-4-8-15;/h2-9,12H,10-11,13H2,1H3,(H2,23,26)(H,24,27);1H. The maximum atomic E-state index is 12.8. The lowest BCUT2D eigenvalue weighted by Crippen LogP contribution is -2.27. The Morgan fingerprint density at radius 2 is 1.83 bits per heavy atom. The molecule has 2 heterocycles. The van der Waals surface area contributed by atoms with E-state index in [9.17, 15) is 9.59 Å². The Bertz CT molecular complexity index is 1070. The highest BCUT2D eigenvalue weighted by atomic mass is 35.5. The van der Waals surface area contributed by atoms with E-state index in [4.69, 9.17) is 10.5 Å². The molecule has 0 fully saturated rings. The summed E-state index contributed by atoms with van der Waals surface area (Å²) in [6.07, 6.45) is 0.747. The molecule has 0 unspecified atom stereocenters. The number of halogens is 1. The minimum Gasteiger partial charge on any atom is -0.457 e. The zero-order valence-corrected chi connectivity index (χ0v) is 18.0. The van der Waals surface area contributed by atoms with Crippen LogP contribution in [0.4, 0.5) is 5.00 Å². The average molecular weight is 444 g/mol. The van der Waals surface area contributed by atoms with Crippen LogP contribution in [0.5, 0.6) is 11.5 Å². The number of nitrogens with one attached hydrogen (secondary N) is 1. The molecule has 0 saturated heterocycles. The molecule has 30 heavy (non-hydrogen) atoms. The largest absolute Gasteiger partial charge is 0.457 e. The number of primary amides is 1. The summed E-state index contributed by atoms with van der Waals surface area (Å²) in [7, 11) is 2.03. The van der Waals surface area contributed by atoms with Crippen molar-refractivity contribution in [3.8, 4) is 11.5 Å². The summed E-state index contributed by atoms with van der Waals surface area (Å²) in [5.74, 6) is 0.434. The van der Waals surface area contributed by atoms with Crippen molar-refractivity contribution in [3.05, 3.63) is 76.2 Å². The highest BCUT2D eigenvalue weighted by molar-refractivity contribution is 7.17. The van der Waals surface area contributed by atoms with Gasteiger partial charge in [-0.05, 0) is 49.4 Å². The summed E-state index contributed by atoms with van der Waals surface area (Å²) in [5.41, 5.74) is 7.46. The van der Waals surface area contributed by atoms with Crippen LogP contribution in [0.15, 0.2) is 54.6 Å². The van der Waals surface area contributed by atoms with Crippen LogP contribution in [0.2, 0.25) is 0 Å². The summed E-state index contributed by atoms with van der Waals surface area (Å²) in [6.45, 7) is 1.60. The van der Waals surface area contributed by atoms with E-state index in [1.807, 2.05) is 37.4 Å². The van der Waals surface area contributed by atoms with Crippen LogP contribution in [-0.4, -0.2) is 30.3 Å². The average Bonchev–Trinajstić information content (AvgIpc) is 3.06. The van der Waals surface area contributed by atoms with E-state index < -0.39 is 5.91 Å². The zero-order chi connectivity index (χ0) is 20.4. The molecular weight excluding hydrogens is 422 g/mol. The zero-order valence-electron chi connectivity index (χ0n) is 16.4. The number of hydrogen-bond acceptors (Lipinski definition) is 5. The van der Waals surface area contributed by atoms with Gasteiger partial charge < -0.3 is 20.7 Å². The van der Waals surface area contributed by atoms with Crippen molar-refractivity contribution in [2.75, 3.05) is 18.9 Å². The molecule has 0 aliphatic carbocycles. The topological polar surface area (TPSA) is 84.7 Å². The van der Waals surface area contributed by atoms with E-state index in [0.717, 1.165) is 30.0 Å². The van der Waals surface area contributed by atoms with E-state index in [2.05, 4.69) is 10.2 Å². The second-order valence-electron chi connectivity index (χ2n) is 6.96. The fourth-order valence-electron chi connectivity index (χ4n) is 3.38. The highest BCUT2D eigenvalue weighted by Gasteiger charge is 2.26. The van der Waals surface area contributed by atoms with Crippen LogP contribution < -0.4 is 15.8 Å². The van der Waals surface area contributed by atoms with Crippen molar-refractivity contribution in [1.82, 2.24) is 4.90 Å². The smallest absolute Gasteiger partial charge is 0.256 e. The van der Waals surface area contributed by atoms with Crippen LogP contribution in [-0.2, 0) is 13.0 Å². The number of likely N-dealkylation sites (N-methyl/N-ethyl adjacent to an activating group) is 1. The number of para-hydroxylation sites is 1. The van der Waals surface area contributed by atoms with Gasteiger partial charge in [0.2, 0.25) is 0 Å². The number of carbonyl (C=O) groups excluding carboxylic acids is 2. The molecule has 156 valence electrons. The summed E-state index contributed by atoms with van der Waals surface area (Å²) in [4.78, 5) is 28.2. The van der Waals surface area contributed by atoms with Crippen LogP contribution >= 0.6 is 23.7 Å². The van der Waals surface area contributed by atoms with Crippen molar-refractivity contribution >= 4 is 40.6 Å². The third kappa shape index (κ3) is 4.64. The van der Waals surface area contributed by atoms with E-state index >= 15 is 0 Å². The highest BCUT2D eigenvalue weighted by Crippen LogP contribution is 2.37. The first-order chi connectivity index (χ1) is 14.0. The summed E-state index contributed by atoms with van der Waals surface area (Å²) in [6, 6.07) is 16.3. The molecule has 0 atom stereocenters. The molecule has 2 amide bonds. The fraction of sp³-hybridized carbons (Fsp3) is 0.182. The first-order valence-corrected chi connectivity index (χ1v) is 10.1. The number of nitrogens with zero attached hydrogens (tertiary/aromatic N) is 1. The van der Waals surface area contributed by atoms with Crippen molar-refractivity contribution in [1.29, 1.82) is 0 Å². The van der Waals surface area contributed by atoms with Crippen LogP contribution in [0.25, 0.3) is 0 Å². The maximum Gasteiger partial charge on any atom is 0.256 e. The molecule has 4 rings (SSSR count). The molecule has 1 aliphatic heterocycles. The first-order valence-electron chi connectivity index (χ1n) is 9.28. The number of amides is 2. The van der Waals surface area contributed by atoms with Gasteiger partial charge in [0, 0.05) is 23.5 Å². The molecule has 0 saturated carbocycles. The number of ether oxygens (including phenoxy) is 1. The molecule has 0 spiro atoms. The van der Waals surface area contributed by atoms with Gasteiger partial charge in [-0.25, -0.2) is 0 Å². The maximum absolute atomic E-state index is 12.8. The van der Waals surface area contributed by atoms with Crippen molar-refractivity contribution in [2.45, 2.75) is 13.0 Å². The van der Waals surface area contributed by atoms with Gasteiger partial charge in [-0.3, -0.25) is 9.59 Å². The van der Waals surface area contributed by atoms with Gasteiger partial charge in [0.25, 0.3) is 11.8 Å². The number of rotatable bonds is 5. The third-order valence-corrected chi connectivity index (χ3v) is 5.93. The quantitative estimate of drug-likeness (QED) is 0.615. The monoisotopic (exact) mass is 443 g/mol. The van der Waals surface area contributed by atoms with Gasteiger partial charge in [-0.15, -0.1) is 23.7 Å². The summed E-state index contributed by atoms with van der Waals surface area (Å²) in [5, 5.41) is 3.39. The molecular formula is C22H22ClN3O3S. The predicted molar refractivity (Wildman–Crippen MR) is 121 cm³/mol. The van der Waals surface area contributed by atoms with Crippen molar-refractivity contribution < 1.29 is 14.3 Å². The number of benzene rings is 2. The Hall–Kier alpha value is -2.87. The first kappa shape index (κ1) is 21.8. The normalized spacial score (nSPS) is 13.1. The number of hydrogen-bond donors (Lipinski definition) is 2. The molecule has 3 N–H and O–H groups in total. The lowest BCUT2D eigenvalue weighted by Gasteiger charge is -2.22. The van der Waals surface area contributed by atoms with Gasteiger partial charge in [0.15, 0.2) is 0 Å². The molecule has 1 aliphatic rings. The van der Waals surface area contributed by atoms with Gasteiger partial charge >= 0.3 is 0 Å². The van der Waals surface area contributed by atoms with Crippen LogP contribution in [0.1, 0.15) is 31.2 Å². The number of fused-ring (bicyclic) bond motifs is 1. The van der Waals surface area contributed by atoms with Crippen LogP contribution in [0, 0.1) is 0 Å². The fourth-order valence-corrected chi connectivity index (χ4v) is 4.71. The van der Waals surface area contributed by atoms with Gasteiger partial charge in [0.05, 0.1) is 5.56 Å². The van der Waals surface area contributed by atoms with Crippen molar-refractivity contribution in [2.24, 2.45) is 5.73 Å². The minimum atomic E-state index is -0.511. The third-order valence-electron chi connectivity index (χ3n) is 4.80. The predicted octanol–water partition coefficient (Wildman–Crippen LogP) is 4.30. The lowest BCUT2D eigenvalue weighted by molar-refractivity contribution is 0.1000. The van der Waals surface area contributed by atoms with E-state index in [-0.39, 0.29) is 18.3 Å². The second kappa shape index (κ2) is 9.30. The van der Waals surface area contributed by atoms with E-state index in [1.54, 1.807) is 24.3 Å². The number of carbonyl (C=O) groups is 2. The Labute approximate surface area is 185 Å². The second-order valence-corrected chi connectivity index (χ2v) is 8.06. The summed E-state index contributed by atoms with van der Waals surface area (Å²) < 4.78 is 5.80.